The zero-order chi connectivity index (χ0) is 30.7. The largest absolute Gasteiger partial charge is 0.457 e. The molecule has 3 nitrogen and oxygen atoms in total. The van der Waals surface area contributed by atoms with Crippen LogP contribution in [0, 0.1) is 5.82 Å². The van der Waals surface area contributed by atoms with Crippen LogP contribution in [0.2, 0.25) is 0 Å². The van der Waals surface area contributed by atoms with Crippen molar-refractivity contribution in [1.82, 2.24) is 5.32 Å². The first-order valence-electron chi connectivity index (χ1n) is 13.0. The highest BCUT2D eigenvalue weighted by Crippen LogP contribution is 2.36. The summed E-state index contributed by atoms with van der Waals surface area (Å²) in [6, 6.07) is 17.8. The van der Waals surface area contributed by atoms with Crippen LogP contribution >= 0.6 is 0 Å². The maximum absolute atomic E-state index is 15.3. The fraction of sp³-hybridized carbons (Fsp3) is 0.250. The van der Waals surface area contributed by atoms with Crippen LogP contribution in [0.1, 0.15) is 65.2 Å². The molecule has 222 valence electrons. The summed E-state index contributed by atoms with van der Waals surface area (Å²) in [5, 5.41) is 13.1. The molecule has 4 rings (SSSR count). The molecule has 0 fully saturated rings. The molecule has 0 saturated heterocycles. The van der Waals surface area contributed by atoms with Gasteiger partial charge in [0.2, 0.25) is 0 Å². The van der Waals surface area contributed by atoms with Crippen LogP contribution in [-0.2, 0) is 12.4 Å². The predicted octanol–water partition coefficient (Wildman–Crippen LogP) is 9.19. The Morgan fingerprint density at radius 1 is 0.690 bits per heavy atom. The highest BCUT2D eigenvalue weighted by Gasteiger charge is 2.33. The van der Waals surface area contributed by atoms with Gasteiger partial charge in [0, 0.05) is 5.56 Å². The zero-order valence-corrected chi connectivity index (χ0v) is 22.6. The van der Waals surface area contributed by atoms with Gasteiger partial charge in [-0.05, 0) is 71.1 Å². The van der Waals surface area contributed by atoms with Gasteiger partial charge in [0.1, 0.15) is 17.3 Å². The number of hydrogen-bond donors (Lipinski definition) is 2. The topological polar surface area (TPSA) is 41.5 Å². The molecule has 0 aliphatic carbocycles. The third-order valence-corrected chi connectivity index (χ3v) is 6.76. The summed E-state index contributed by atoms with van der Waals surface area (Å²) in [6.45, 7) is 3.37. The molecule has 42 heavy (non-hydrogen) atoms. The third-order valence-electron chi connectivity index (χ3n) is 6.76. The molecule has 10 heteroatoms. The van der Waals surface area contributed by atoms with E-state index in [-0.39, 0.29) is 17.0 Å². The number of nitrogens with one attached hydrogen (secondary N) is 1. The van der Waals surface area contributed by atoms with E-state index >= 15 is 4.39 Å². The van der Waals surface area contributed by atoms with Crippen molar-refractivity contribution in [3.8, 4) is 11.5 Å². The lowest BCUT2D eigenvalue weighted by Gasteiger charge is -2.27. The standard InChI is InChI=1S/C32H28F7NO2/c1-19(2)20-6-4-10-25(15-20)42-26-11-5-8-22(16-26)30(27-13-12-24(17-28(27)33)32(37,38)39)40-29(18-41)21-7-3-9-23(14-21)31(34,35)36/h3-17,19,29-30,40-41H,18H2,1-2H3. The Morgan fingerprint density at radius 2 is 1.24 bits per heavy atom. The fourth-order valence-electron chi connectivity index (χ4n) is 4.52. The number of benzene rings is 4. The maximum Gasteiger partial charge on any atom is 0.416 e. The summed E-state index contributed by atoms with van der Waals surface area (Å²) in [6.07, 6.45) is -9.43. The van der Waals surface area contributed by atoms with Crippen LogP contribution in [0.3, 0.4) is 0 Å². The molecular formula is C32H28F7NO2. The van der Waals surface area contributed by atoms with Gasteiger partial charge in [0.15, 0.2) is 0 Å². The van der Waals surface area contributed by atoms with Gasteiger partial charge in [-0.25, -0.2) is 4.39 Å². The van der Waals surface area contributed by atoms with Gasteiger partial charge >= 0.3 is 12.4 Å². The molecule has 0 aliphatic heterocycles. The lowest BCUT2D eigenvalue weighted by molar-refractivity contribution is -0.138. The van der Waals surface area contributed by atoms with Crippen molar-refractivity contribution in [2.24, 2.45) is 0 Å². The van der Waals surface area contributed by atoms with E-state index in [1.54, 1.807) is 30.3 Å². The second kappa shape index (κ2) is 12.5. The van der Waals surface area contributed by atoms with Crippen LogP contribution < -0.4 is 10.1 Å². The first-order chi connectivity index (χ1) is 19.8. The zero-order valence-electron chi connectivity index (χ0n) is 22.6. The summed E-state index contributed by atoms with van der Waals surface area (Å²) < 4.78 is 101. The van der Waals surface area contributed by atoms with Crippen molar-refractivity contribution >= 4 is 0 Å². The Morgan fingerprint density at radius 3 is 1.81 bits per heavy atom. The van der Waals surface area contributed by atoms with Gasteiger partial charge in [-0.2, -0.15) is 26.3 Å². The van der Waals surface area contributed by atoms with E-state index in [4.69, 9.17) is 4.74 Å². The summed E-state index contributed by atoms with van der Waals surface area (Å²) in [4.78, 5) is 0. The molecule has 0 heterocycles. The first-order valence-corrected chi connectivity index (χ1v) is 13.0. The van der Waals surface area contributed by atoms with Crippen LogP contribution in [0.4, 0.5) is 30.7 Å². The summed E-state index contributed by atoms with van der Waals surface area (Å²) in [7, 11) is 0. The number of aliphatic hydroxyl groups is 1. The lowest BCUT2D eigenvalue weighted by Crippen LogP contribution is -2.30. The smallest absolute Gasteiger partial charge is 0.416 e. The van der Waals surface area contributed by atoms with Crippen molar-refractivity contribution in [2.45, 2.75) is 44.2 Å². The van der Waals surface area contributed by atoms with Gasteiger partial charge in [-0.1, -0.05) is 56.3 Å². The second-order valence-electron chi connectivity index (χ2n) is 10.1. The number of rotatable bonds is 9. The van der Waals surface area contributed by atoms with E-state index < -0.39 is 48.0 Å². The van der Waals surface area contributed by atoms with Gasteiger partial charge in [-0.3, -0.25) is 5.32 Å². The molecule has 4 aromatic carbocycles. The van der Waals surface area contributed by atoms with E-state index in [9.17, 15) is 31.4 Å². The Bertz CT molecular complexity index is 1520. The number of hydrogen-bond acceptors (Lipinski definition) is 3. The molecule has 0 aliphatic rings. The van der Waals surface area contributed by atoms with Gasteiger partial charge in [-0.15, -0.1) is 0 Å². The Labute approximate surface area is 238 Å². The second-order valence-corrected chi connectivity index (χ2v) is 10.1. The van der Waals surface area contributed by atoms with Crippen LogP contribution in [0.15, 0.2) is 91.0 Å². The first kappa shape index (κ1) is 31.1. The molecule has 0 bridgehead atoms. The minimum absolute atomic E-state index is 0.0579. The number of halogens is 7. The minimum Gasteiger partial charge on any atom is -0.457 e. The Kier molecular flexibility index (Phi) is 9.27. The van der Waals surface area contributed by atoms with E-state index in [1.807, 2.05) is 32.0 Å². The van der Waals surface area contributed by atoms with Gasteiger partial charge in [0.05, 0.1) is 29.8 Å². The molecule has 2 unspecified atom stereocenters. The average Bonchev–Trinajstić information content (AvgIpc) is 2.93. The Balaban J connectivity index is 1.76. The summed E-state index contributed by atoms with van der Waals surface area (Å²) in [5.74, 6) is -0.0747. The molecule has 0 saturated carbocycles. The Hall–Kier alpha value is -3.89. The minimum atomic E-state index is -4.79. The molecule has 2 atom stereocenters. The SMILES string of the molecule is CC(C)c1cccc(Oc2cccc(C(NC(CO)c3cccc(C(F)(F)F)c3)c3ccc(C(F)(F)F)cc3F)c2)c1. The van der Waals surface area contributed by atoms with E-state index in [1.165, 1.54) is 12.1 Å². The summed E-state index contributed by atoms with van der Waals surface area (Å²) >= 11 is 0. The van der Waals surface area contributed by atoms with E-state index in [0.717, 1.165) is 29.8 Å². The highest BCUT2D eigenvalue weighted by molar-refractivity contribution is 5.42. The predicted molar refractivity (Wildman–Crippen MR) is 145 cm³/mol. The molecule has 0 aromatic heterocycles. The van der Waals surface area contributed by atoms with Crippen LogP contribution in [0.25, 0.3) is 0 Å². The summed E-state index contributed by atoms with van der Waals surface area (Å²) in [5.41, 5.74) is -0.911. The van der Waals surface area contributed by atoms with Crippen molar-refractivity contribution in [2.75, 3.05) is 6.61 Å². The molecule has 0 amide bonds. The maximum atomic E-state index is 15.3. The van der Waals surface area contributed by atoms with Gasteiger partial charge in [0.25, 0.3) is 0 Å². The molecular weight excluding hydrogens is 563 g/mol. The molecule has 0 radical (unpaired) electrons. The molecule has 2 N–H and O–H groups in total. The number of ether oxygens (including phenoxy) is 1. The van der Waals surface area contributed by atoms with Crippen molar-refractivity contribution < 1.29 is 40.6 Å². The lowest BCUT2D eigenvalue weighted by atomic mass is 9.94. The van der Waals surface area contributed by atoms with Crippen LogP contribution in [-0.4, -0.2) is 11.7 Å². The number of aliphatic hydroxyl groups excluding tert-OH is 1. The van der Waals surface area contributed by atoms with E-state index in [0.29, 0.717) is 23.1 Å². The molecule has 0 spiro atoms. The van der Waals surface area contributed by atoms with Crippen molar-refractivity contribution in [3.63, 3.8) is 0 Å². The highest BCUT2D eigenvalue weighted by atomic mass is 19.4. The third kappa shape index (κ3) is 7.49. The van der Waals surface area contributed by atoms with Gasteiger partial charge < -0.3 is 9.84 Å². The molecule has 4 aromatic rings. The quantitative estimate of drug-likeness (QED) is 0.191. The average molecular weight is 592 g/mol. The van der Waals surface area contributed by atoms with Crippen molar-refractivity contribution in [1.29, 1.82) is 0 Å². The normalized spacial score (nSPS) is 13.7. The monoisotopic (exact) mass is 591 g/mol. The number of alkyl halides is 6. The fourth-order valence-corrected chi connectivity index (χ4v) is 4.52. The van der Waals surface area contributed by atoms with Crippen LogP contribution in [0.5, 0.6) is 11.5 Å². The van der Waals surface area contributed by atoms with Crippen molar-refractivity contribution in [3.05, 3.63) is 130 Å². The van der Waals surface area contributed by atoms with E-state index in [2.05, 4.69) is 5.32 Å².